The van der Waals surface area contributed by atoms with Gasteiger partial charge in [0.2, 0.25) is 5.91 Å². The Morgan fingerprint density at radius 1 is 1.14 bits per heavy atom. The zero-order valence-electron chi connectivity index (χ0n) is 19.8. The number of carboxylic acid groups (broad SMARTS) is 1. The predicted octanol–water partition coefficient (Wildman–Crippen LogP) is 1.64. The van der Waals surface area contributed by atoms with Crippen molar-refractivity contribution in [2.24, 2.45) is 5.73 Å². The molecule has 1 fully saturated rings. The fourth-order valence-corrected chi connectivity index (χ4v) is 4.51. The average molecular weight is 493 g/mol. The Hall–Kier alpha value is -3.94. The van der Waals surface area contributed by atoms with E-state index in [-0.39, 0.29) is 37.3 Å². The predicted molar refractivity (Wildman–Crippen MR) is 128 cm³/mol. The monoisotopic (exact) mass is 492 g/mol. The van der Waals surface area contributed by atoms with E-state index in [9.17, 15) is 19.6 Å². The summed E-state index contributed by atoms with van der Waals surface area (Å²) in [6.45, 7) is 4.34. The standard InChI is InChI=1S/C26H28N4O6/c27-13-19-5-6-20-21(15-30(26(20)34)22(25(28)33)7-8-23(31)32)24(19)36-16-18-3-1-17(2-4-18)14-29-9-11-35-12-10-29/h1-6,22H,7-12,14-16H2,(H2,28,33)(H,31,32)/t22-/m0/s1. The molecule has 0 bridgehead atoms. The number of benzene rings is 2. The summed E-state index contributed by atoms with van der Waals surface area (Å²) >= 11 is 0. The van der Waals surface area contributed by atoms with Gasteiger partial charge >= 0.3 is 5.97 Å². The first-order chi connectivity index (χ1) is 17.4. The smallest absolute Gasteiger partial charge is 0.303 e. The number of hydrogen-bond acceptors (Lipinski definition) is 7. The molecular weight excluding hydrogens is 464 g/mol. The number of nitrogens with two attached hydrogens (primary N) is 1. The highest BCUT2D eigenvalue weighted by molar-refractivity contribution is 6.02. The van der Waals surface area contributed by atoms with E-state index in [0.717, 1.165) is 38.4 Å². The number of fused-ring (bicyclic) bond motifs is 1. The van der Waals surface area contributed by atoms with E-state index in [1.54, 1.807) is 0 Å². The molecule has 2 amide bonds. The summed E-state index contributed by atoms with van der Waals surface area (Å²) in [6.07, 6.45) is -0.398. The Morgan fingerprint density at radius 2 is 1.83 bits per heavy atom. The molecule has 10 nitrogen and oxygen atoms in total. The molecule has 2 aliphatic rings. The quantitative estimate of drug-likeness (QED) is 0.509. The van der Waals surface area contributed by atoms with Crippen LogP contribution in [0.2, 0.25) is 0 Å². The van der Waals surface area contributed by atoms with Crippen LogP contribution in [0.15, 0.2) is 36.4 Å². The molecule has 4 rings (SSSR count). The van der Waals surface area contributed by atoms with Crippen LogP contribution >= 0.6 is 0 Å². The molecule has 1 atom stereocenters. The van der Waals surface area contributed by atoms with Crippen LogP contribution in [-0.2, 0) is 34.0 Å². The van der Waals surface area contributed by atoms with Crippen molar-refractivity contribution in [3.05, 3.63) is 64.2 Å². The van der Waals surface area contributed by atoms with Gasteiger partial charge in [0.15, 0.2) is 0 Å². The van der Waals surface area contributed by atoms with E-state index in [1.165, 1.54) is 22.6 Å². The minimum atomic E-state index is -1.09. The lowest BCUT2D eigenvalue weighted by Gasteiger charge is -2.26. The van der Waals surface area contributed by atoms with Crippen molar-refractivity contribution in [1.82, 2.24) is 9.80 Å². The molecule has 0 aromatic heterocycles. The normalized spacial score (nSPS) is 16.3. The van der Waals surface area contributed by atoms with E-state index in [0.29, 0.717) is 11.1 Å². The van der Waals surface area contributed by atoms with Crippen LogP contribution < -0.4 is 10.5 Å². The van der Waals surface area contributed by atoms with E-state index < -0.39 is 23.8 Å². The fourth-order valence-electron chi connectivity index (χ4n) is 4.51. The van der Waals surface area contributed by atoms with Gasteiger partial charge in [0.1, 0.15) is 24.5 Å². The number of primary amides is 1. The molecule has 2 aromatic rings. The number of carbonyl (C=O) groups is 3. The second-order valence-electron chi connectivity index (χ2n) is 8.86. The molecule has 2 aliphatic heterocycles. The van der Waals surface area contributed by atoms with Gasteiger partial charge in [0, 0.05) is 37.2 Å². The number of aliphatic carboxylic acids is 1. The Balaban J connectivity index is 1.48. The lowest BCUT2D eigenvalue weighted by molar-refractivity contribution is -0.137. The number of nitriles is 1. The third-order valence-electron chi connectivity index (χ3n) is 6.45. The van der Waals surface area contributed by atoms with Crippen molar-refractivity contribution < 1.29 is 29.0 Å². The maximum absolute atomic E-state index is 13.0. The van der Waals surface area contributed by atoms with Gasteiger partial charge in [-0.1, -0.05) is 24.3 Å². The Bertz CT molecular complexity index is 1180. The van der Waals surface area contributed by atoms with E-state index in [2.05, 4.69) is 11.0 Å². The van der Waals surface area contributed by atoms with Gasteiger partial charge in [-0.3, -0.25) is 19.3 Å². The maximum atomic E-state index is 13.0. The van der Waals surface area contributed by atoms with Crippen LogP contribution in [-0.4, -0.2) is 65.0 Å². The number of rotatable bonds is 10. The van der Waals surface area contributed by atoms with E-state index in [4.69, 9.17) is 20.3 Å². The van der Waals surface area contributed by atoms with Crippen LogP contribution in [0.3, 0.4) is 0 Å². The second kappa shape index (κ2) is 11.2. The van der Waals surface area contributed by atoms with Gasteiger partial charge in [-0.15, -0.1) is 0 Å². The fraction of sp³-hybridized carbons (Fsp3) is 0.385. The molecular formula is C26H28N4O6. The van der Waals surface area contributed by atoms with Gasteiger partial charge in [-0.05, 0) is 29.7 Å². The molecule has 0 aliphatic carbocycles. The number of carboxylic acids is 1. The summed E-state index contributed by atoms with van der Waals surface area (Å²) in [5, 5.41) is 18.6. The SMILES string of the molecule is N#Cc1ccc2c(c1OCc1ccc(CN3CCOCC3)cc1)CN([C@@H](CCC(=O)O)C(N)=O)C2=O. The number of hydrogen-bond donors (Lipinski definition) is 2. The lowest BCUT2D eigenvalue weighted by atomic mass is 10.0. The van der Waals surface area contributed by atoms with Crippen LogP contribution in [0.1, 0.15) is 45.5 Å². The first kappa shape index (κ1) is 25.2. The minimum absolute atomic E-state index is 0.00469. The van der Waals surface area contributed by atoms with Crippen molar-refractivity contribution in [2.45, 2.75) is 38.6 Å². The zero-order valence-corrected chi connectivity index (χ0v) is 19.8. The second-order valence-corrected chi connectivity index (χ2v) is 8.86. The van der Waals surface area contributed by atoms with Crippen molar-refractivity contribution in [3.8, 4) is 11.8 Å². The van der Waals surface area contributed by atoms with Gasteiger partial charge in [0.05, 0.1) is 25.3 Å². The molecule has 0 saturated carbocycles. The molecule has 36 heavy (non-hydrogen) atoms. The van der Waals surface area contributed by atoms with Crippen molar-refractivity contribution >= 4 is 17.8 Å². The van der Waals surface area contributed by atoms with Crippen molar-refractivity contribution in [3.63, 3.8) is 0 Å². The summed E-state index contributed by atoms with van der Waals surface area (Å²) in [5.41, 5.74) is 8.64. The third-order valence-corrected chi connectivity index (χ3v) is 6.45. The summed E-state index contributed by atoms with van der Waals surface area (Å²) in [5.74, 6) is -2.03. The van der Waals surface area contributed by atoms with E-state index in [1.807, 2.05) is 24.3 Å². The summed E-state index contributed by atoms with van der Waals surface area (Å²) < 4.78 is 11.4. The topological polar surface area (TPSA) is 146 Å². The van der Waals surface area contributed by atoms with Gasteiger partial charge in [-0.25, -0.2) is 0 Å². The number of nitrogens with zero attached hydrogens (tertiary/aromatic N) is 3. The summed E-state index contributed by atoms with van der Waals surface area (Å²) in [6, 6.07) is 12.1. The maximum Gasteiger partial charge on any atom is 0.303 e. The molecule has 2 aromatic carbocycles. The molecule has 0 radical (unpaired) electrons. The Labute approximate surface area is 208 Å². The van der Waals surface area contributed by atoms with Crippen LogP contribution in [0.5, 0.6) is 5.75 Å². The molecule has 0 unspecified atom stereocenters. The highest BCUT2D eigenvalue weighted by atomic mass is 16.5. The van der Waals surface area contributed by atoms with E-state index >= 15 is 0 Å². The Morgan fingerprint density at radius 3 is 2.47 bits per heavy atom. The molecule has 1 saturated heterocycles. The first-order valence-corrected chi connectivity index (χ1v) is 11.8. The van der Waals surface area contributed by atoms with Gasteiger partial charge in [0.25, 0.3) is 5.91 Å². The van der Waals surface area contributed by atoms with Crippen LogP contribution in [0.4, 0.5) is 0 Å². The summed E-state index contributed by atoms with van der Waals surface area (Å²) in [7, 11) is 0. The molecule has 10 heteroatoms. The third kappa shape index (κ3) is 5.64. The molecule has 2 heterocycles. The van der Waals surface area contributed by atoms with Crippen molar-refractivity contribution in [2.75, 3.05) is 26.3 Å². The van der Waals surface area contributed by atoms with Crippen molar-refractivity contribution in [1.29, 1.82) is 5.26 Å². The number of amides is 2. The summed E-state index contributed by atoms with van der Waals surface area (Å²) in [4.78, 5) is 39.6. The first-order valence-electron chi connectivity index (χ1n) is 11.8. The minimum Gasteiger partial charge on any atom is -0.487 e. The van der Waals surface area contributed by atoms with Gasteiger partial charge < -0.3 is 25.2 Å². The lowest BCUT2D eigenvalue weighted by Crippen LogP contribution is -2.45. The Kier molecular flexibility index (Phi) is 7.83. The van der Waals surface area contributed by atoms with Crippen LogP contribution in [0, 0.1) is 11.3 Å². The van der Waals surface area contributed by atoms with Gasteiger partial charge in [-0.2, -0.15) is 5.26 Å². The number of ether oxygens (including phenoxy) is 2. The highest BCUT2D eigenvalue weighted by Gasteiger charge is 2.38. The largest absolute Gasteiger partial charge is 0.487 e. The average Bonchev–Trinajstić information content (AvgIpc) is 3.20. The number of carbonyl (C=O) groups excluding carboxylic acids is 2. The highest BCUT2D eigenvalue weighted by Crippen LogP contribution is 2.36. The number of morpholine rings is 1. The molecule has 0 spiro atoms. The zero-order chi connectivity index (χ0) is 25.7. The molecule has 188 valence electrons. The molecule has 3 N–H and O–H groups in total. The van der Waals surface area contributed by atoms with Crippen LogP contribution in [0.25, 0.3) is 0 Å².